The molecule has 1 aliphatic rings. The van der Waals surface area contributed by atoms with Gasteiger partial charge in [-0.1, -0.05) is 48.6 Å². The molecule has 1 saturated heterocycles. The lowest BCUT2D eigenvalue weighted by molar-refractivity contribution is -0.132. The van der Waals surface area contributed by atoms with Crippen molar-refractivity contribution < 1.29 is 14.3 Å². The number of piperidine rings is 1. The Labute approximate surface area is 172 Å². The summed E-state index contributed by atoms with van der Waals surface area (Å²) in [5.41, 5.74) is 1.73. The molecule has 2 aromatic carbocycles. The van der Waals surface area contributed by atoms with Crippen molar-refractivity contribution in [2.45, 2.75) is 25.2 Å². The van der Waals surface area contributed by atoms with Crippen molar-refractivity contribution in [3.05, 3.63) is 65.7 Å². The van der Waals surface area contributed by atoms with Gasteiger partial charge in [0.2, 0.25) is 0 Å². The zero-order chi connectivity index (χ0) is 20.7. The lowest BCUT2D eigenvalue weighted by atomic mass is 9.74. The van der Waals surface area contributed by atoms with Gasteiger partial charge < -0.3 is 9.47 Å². The molecule has 0 spiro atoms. The summed E-state index contributed by atoms with van der Waals surface area (Å²) >= 11 is 0. The number of carbonyl (C=O) groups is 1. The minimum atomic E-state index is -0.374. The first-order chi connectivity index (χ1) is 14.1. The molecule has 0 aliphatic carbocycles. The van der Waals surface area contributed by atoms with E-state index in [1.165, 1.54) is 6.92 Å². The summed E-state index contributed by atoms with van der Waals surface area (Å²) < 4.78 is 10.4. The third-order valence-corrected chi connectivity index (χ3v) is 5.37. The smallest absolute Gasteiger partial charge is 0.308 e. The van der Waals surface area contributed by atoms with E-state index in [1.807, 2.05) is 36.4 Å². The minimum absolute atomic E-state index is 0.374. The van der Waals surface area contributed by atoms with Gasteiger partial charge in [0.05, 0.1) is 18.6 Å². The molecule has 5 heteroatoms. The van der Waals surface area contributed by atoms with Crippen molar-refractivity contribution in [2.24, 2.45) is 0 Å². The number of rotatable bonds is 6. The minimum Gasteiger partial charge on any atom is -0.493 e. The molecule has 1 aliphatic heterocycles. The molecule has 29 heavy (non-hydrogen) atoms. The van der Waals surface area contributed by atoms with E-state index in [0.717, 1.165) is 43.6 Å². The molecule has 0 aromatic heterocycles. The highest BCUT2D eigenvalue weighted by Gasteiger charge is 2.35. The number of carbonyl (C=O) groups excluding carboxylic acids is 1. The molecule has 0 bridgehead atoms. The lowest BCUT2D eigenvalue weighted by Crippen LogP contribution is -2.41. The summed E-state index contributed by atoms with van der Waals surface area (Å²) in [6.07, 6.45) is 5.82. The van der Waals surface area contributed by atoms with Crippen molar-refractivity contribution in [3.63, 3.8) is 0 Å². The number of likely N-dealkylation sites (tertiary alicyclic amines) is 1. The summed E-state index contributed by atoms with van der Waals surface area (Å²) in [5, 5.41) is 9.81. The number of nitriles is 1. The number of benzene rings is 2. The van der Waals surface area contributed by atoms with Gasteiger partial charge in [-0.25, -0.2) is 0 Å². The van der Waals surface area contributed by atoms with Crippen LogP contribution in [0.4, 0.5) is 0 Å². The largest absolute Gasteiger partial charge is 0.493 e. The van der Waals surface area contributed by atoms with E-state index in [9.17, 15) is 10.1 Å². The van der Waals surface area contributed by atoms with Crippen molar-refractivity contribution >= 4 is 12.0 Å². The molecule has 0 atom stereocenters. The molecule has 0 saturated carbocycles. The maximum absolute atomic E-state index is 11.2. The summed E-state index contributed by atoms with van der Waals surface area (Å²) in [6, 6.07) is 18.2. The van der Waals surface area contributed by atoms with Crippen LogP contribution in [-0.4, -0.2) is 37.6 Å². The van der Waals surface area contributed by atoms with Crippen LogP contribution in [0.2, 0.25) is 0 Å². The molecule has 3 rings (SSSR count). The lowest BCUT2D eigenvalue weighted by Gasteiger charge is -2.37. The van der Waals surface area contributed by atoms with Crippen LogP contribution in [0, 0.1) is 11.3 Å². The fourth-order valence-electron chi connectivity index (χ4n) is 3.70. The fourth-order valence-corrected chi connectivity index (χ4v) is 3.70. The monoisotopic (exact) mass is 390 g/mol. The van der Waals surface area contributed by atoms with Crippen LogP contribution in [0.25, 0.3) is 6.08 Å². The Kier molecular flexibility index (Phi) is 6.69. The molecule has 5 nitrogen and oxygen atoms in total. The summed E-state index contributed by atoms with van der Waals surface area (Å²) in [5.74, 6) is 0.574. The molecule has 1 fully saturated rings. The first kappa shape index (κ1) is 20.6. The van der Waals surface area contributed by atoms with Crippen molar-refractivity contribution in [1.29, 1.82) is 5.26 Å². The molecule has 0 N–H and O–H groups in total. The molecule has 0 radical (unpaired) electrons. The average Bonchev–Trinajstić information content (AvgIpc) is 2.75. The predicted octanol–water partition coefficient (Wildman–Crippen LogP) is 4.19. The second-order valence-electron chi connectivity index (χ2n) is 7.27. The fraction of sp³-hybridized carbons (Fsp3) is 0.333. The van der Waals surface area contributed by atoms with Gasteiger partial charge in [0.15, 0.2) is 11.5 Å². The van der Waals surface area contributed by atoms with Crippen LogP contribution in [0.5, 0.6) is 11.5 Å². The standard InChI is InChI=1S/C24H26N2O3/c1-19(27)29-22-11-10-20(17-23(22)28-2)7-6-14-26-15-12-24(18-25,13-16-26)21-8-4-3-5-9-21/h3-11,17H,12-16H2,1-2H3. The highest BCUT2D eigenvalue weighted by atomic mass is 16.6. The number of hydrogen-bond donors (Lipinski definition) is 0. The van der Waals surface area contributed by atoms with Gasteiger partial charge in [-0.3, -0.25) is 9.69 Å². The van der Waals surface area contributed by atoms with E-state index in [1.54, 1.807) is 13.2 Å². The highest BCUT2D eigenvalue weighted by molar-refractivity contribution is 5.71. The maximum atomic E-state index is 11.2. The van der Waals surface area contributed by atoms with Crippen LogP contribution in [0.1, 0.15) is 30.9 Å². The topological polar surface area (TPSA) is 62.6 Å². The molecule has 0 amide bonds. The van der Waals surface area contributed by atoms with Gasteiger partial charge in [-0.2, -0.15) is 5.26 Å². The first-order valence-corrected chi connectivity index (χ1v) is 9.78. The quantitative estimate of drug-likeness (QED) is 0.547. The van der Waals surface area contributed by atoms with Crippen molar-refractivity contribution in [2.75, 3.05) is 26.7 Å². The predicted molar refractivity (Wildman–Crippen MR) is 113 cm³/mol. The first-order valence-electron chi connectivity index (χ1n) is 9.78. The second kappa shape index (κ2) is 9.40. The number of nitrogens with zero attached hydrogens (tertiary/aromatic N) is 2. The average molecular weight is 390 g/mol. The van der Waals surface area contributed by atoms with E-state index in [-0.39, 0.29) is 11.4 Å². The van der Waals surface area contributed by atoms with Crippen LogP contribution >= 0.6 is 0 Å². The van der Waals surface area contributed by atoms with E-state index < -0.39 is 0 Å². The van der Waals surface area contributed by atoms with Gasteiger partial charge in [-0.05, 0) is 36.1 Å². The van der Waals surface area contributed by atoms with Gasteiger partial charge in [0.25, 0.3) is 0 Å². The van der Waals surface area contributed by atoms with Crippen LogP contribution in [-0.2, 0) is 10.2 Å². The molecule has 150 valence electrons. The maximum Gasteiger partial charge on any atom is 0.308 e. The highest BCUT2D eigenvalue weighted by Crippen LogP contribution is 2.35. The Balaban J connectivity index is 1.58. The van der Waals surface area contributed by atoms with Crippen LogP contribution in [0.15, 0.2) is 54.6 Å². The molecular weight excluding hydrogens is 364 g/mol. The van der Waals surface area contributed by atoms with Gasteiger partial charge in [-0.15, -0.1) is 0 Å². The number of esters is 1. The van der Waals surface area contributed by atoms with Crippen molar-refractivity contribution in [1.82, 2.24) is 4.90 Å². The van der Waals surface area contributed by atoms with Gasteiger partial charge in [0.1, 0.15) is 0 Å². The van der Waals surface area contributed by atoms with E-state index in [2.05, 4.69) is 29.2 Å². The molecule has 1 heterocycles. The zero-order valence-corrected chi connectivity index (χ0v) is 16.9. The Morgan fingerprint density at radius 1 is 1.17 bits per heavy atom. The Morgan fingerprint density at radius 2 is 1.90 bits per heavy atom. The third-order valence-electron chi connectivity index (χ3n) is 5.37. The summed E-state index contributed by atoms with van der Waals surface area (Å²) in [7, 11) is 1.55. The number of hydrogen-bond acceptors (Lipinski definition) is 5. The van der Waals surface area contributed by atoms with E-state index in [4.69, 9.17) is 9.47 Å². The molecule has 0 unspecified atom stereocenters. The summed E-state index contributed by atoms with van der Waals surface area (Å²) in [4.78, 5) is 13.5. The van der Waals surface area contributed by atoms with E-state index in [0.29, 0.717) is 11.5 Å². The SMILES string of the molecule is COc1cc(C=CCN2CCC(C#N)(c3ccccc3)CC2)ccc1OC(C)=O. The zero-order valence-electron chi connectivity index (χ0n) is 16.9. The third kappa shape index (κ3) is 5.04. The Morgan fingerprint density at radius 3 is 2.52 bits per heavy atom. The number of methoxy groups -OCH3 is 1. The summed E-state index contributed by atoms with van der Waals surface area (Å²) in [6.45, 7) is 3.97. The number of ether oxygens (including phenoxy) is 2. The van der Waals surface area contributed by atoms with E-state index >= 15 is 0 Å². The Bertz CT molecular complexity index is 907. The molecular formula is C24H26N2O3. The van der Waals surface area contributed by atoms with Gasteiger partial charge in [0, 0.05) is 26.6 Å². The van der Waals surface area contributed by atoms with Crippen LogP contribution in [0.3, 0.4) is 0 Å². The van der Waals surface area contributed by atoms with Gasteiger partial charge >= 0.3 is 5.97 Å². The molecule has 2 aromatic rings. The van der Waals surface area contributed by atoms with Crippen LogP contribution < -0.4 is 9.47 Å². The van der Waals surface area contributed by atoms with Crippen molar-refractivity contribution in [3.8, 4) is 17.6 Å². The normalized spacial score (nSPS) is 16.3. The Hall–Kier alpha value is -3.10. The second-order valence-corrected chi connectivity index (χ2v) is 7.27.